The van der Waals surface area contributed by atoms with E-state index in [0.717, 1.165) is 11.4 Å². The number of pyridine rings is 1. The van der Waals surface area contributed by atoms with Crippen molar-refractivity contribution in [1.29, 1.82) is 0 Å². The van der Waals surface area contributed by atoms with Crippen LogP contribution in [0.2, 0.25) is 0 Å². The highest BCUT2D eigenvalue weighted by molar-refractivity contribution is 6.04. The Morgan fingerprint density at radius 3 is 2.18 bits per heavy atom. The Labute approximate surface area is 192 Å². The Morgan fingerprint density at radius 1 is 0.788 bits per heavy atom. The van der Waals surface area contributed by atoms with Crippen LogP contribution in [-0.2, 0) is 0 Å². The molecule has 0 aliphatic rings. The second kappa shape index (κ2) is 10.2. The molecule has 0 atom stereocenters. The summed E-state index contributed by atoms with van der Waals surface area (Å²) in [6, 6.07) is 25.3. The van der Waals surface area contributed by atoms with Crippen LogP contribution in [0.3, 0.4) is 0 Å². The number of anilines is 2. The molecule has 1 aromatic heterocycles. The van der Waals surface area contributed by atoms with Crippen LogP contribution < -0.4 is 24.8 Å². The lowest BCUT2D eigenvalue weighted by Crippen LogP contribution is -2.11. The minimum Gasteiger partial charge on any atom is -0.493 e. The zero-order valence-corrected chi connectivity index (χ0v) is 18.2. The van der Waals surface area contributed by atoms with Crippen LogP contribution in [0.1, 0.15) is 10.4 Å². The molecule has 0 unspecified atom stereocenters. The third-order valence-corrected chi connectivity index (χ3v) is 4.76. The van der Waals surface area contributed by atoms with Crippen molar-refractivity contribution in [3.05, 3.63) is 96.7 Å². The summed E-state index contributed by atoms with van der Waals surface area (Å²) in [6.07, 6.45) is 1.54. The van der Waals surface area contributed by atoms with Gasteiger partial charge in [-0.15, -0.1) is 0 Å². The molecule has 0 saturated heterocycles. The fourth-order valence-corrected chi connectivity index (χ4v) is 3.04. The fraction of sp³-hybridized carbons (Fsp3) is 0.0769. The molecular formula is C26H23N3O4. The van der Waals surface area contributed by atoms with Crippen LogP contribution in [0, 0.1) is 0 Å². The van der Waals surface area contributed by atoms with Crippen molar-refractivity contribution in [2.75, 3.05) is 24.8 Å². The fourth-order valence-electron chi connectivity index (χ4n) is 3.04. The molecule has 0 spiro atoms. The summed E-state index contributed by atoms with van der Waals surface area (Å²) in [5, 5.41) is 5.87. The summed E-state index contributed by atoms with van der Waals surface area (Å²) in [6.45, 7) is 0. The van der Waals surface area contributed by atoms with E-state index in [2.05, 4.69) is 15.6 Å². The molecule has 4 aromatic rings. The molecular weight excluding hydrogens is 418 g/mol. The SMILES string of the molecule is CNc1ccc(Oc2ccc(NC(=O)c3ccc(Oc4ccccc4)cc3)cn2)c(OC)c1. The van der Waals surface area contributed by atoms with Crippen molar-refractivity contribution in [2.24, 2.45) is 0 Å². The molecule has 7 heteroatoms. The van der Waals surface area contributed by atoms with Gasteiger partial charge in [0.05, 0.1) is 19.0 Å². The van der Waals surface area contributed by atoms with Crippen molar-refractivity contribution >= 4 is 17.3 Å². The molecule has 33 heavy (non-hydrogen) atoms. The highest BCUT2D eigenvalue weighted by Gasteiger charge is 2.10. The molecule has 0 aliphatic heterocycles. The van der Waals surface area contributed by atoms with Gasteiger partial charge in [0.1, 0.15) is 11.5 Å². The molecule has 0 bridgehead atoms. The number of hydrogen-bond donors (Lipinski definition) is 2. The second-order valence-electron chi connectivity index (χ2n) is 7.00. The number of carbonyl (C=O) groups excluding carboxylic acids is 1. The number of aromatic nitrogens is 1. The van der Waals surface area contributed by atoms with Crippen LogP contribution in [0.4, 0.5) is 11.4 Å². The van der Waals surface area contributed by atoms with Crippen LogP contribution in [0.25, 0.3) is 0 Å². The quantitative estimate of drug-likeness (QED) is 0.351. The highest BCUT2D eigenvalue weighted by Crippen LogP contribution is 2.33. The Balaban J connectivity index is 1.37. The highest BCUT2D eigenvalue weighted by atomic mass is 16.5. The summed E-state index contributed by atoms with van der Waals surface area (Å²) in [7, 11) is 3.41. The third kappa shape index (κ3) is 5.59. The molecule has 166 valence electrons. The smallest absolute Gasteiger partial charge is 0.255 e. The van der Waals surface area contributed by atoms with E-state index >= 15 is 0 Å². The van der Waals surface area contributed by atoms with Gasteiger partial charge < -0.3 is 24.8 Å². The minimum absolute atomic E-state index is 0.249. The molecule has 7 nitrogen and oxygen atoms in total. The number of para-hydroxylation sites is 1. The van der Waals surface area contributed by atoms with Crippen LogP contribution in [0.5, 0.6) is 28.9 Å². The van der Waals surface area contributed by atoms with Gasteiger partial charge in [0.2, 0.25) is 5.88 Å². The van der Waals surface area contributed by atoms with Gasteiger partial charge in [-0.2, -0.15) is 0 Å². The van der Waals surface area contributed by atoms with Gasteiger partial charge in [-0.3, -0.25) is 4.79 Å². The van der Waals surface area contributed by atoms with E-state index in [1.165, 1.54) is 6.20 Å². The van der Waals surface area contributed by atoms with Crippen molar-refractivity contribution in [3.8, 4) is 28.9 Å². The van der Waals surface area contributed by atoms with Gasteiger partial charge in [0, 0.05) is 30.4 Å². The van der Waals surface area contributed by atoms with Gasteiger partial charge in [-0.05, 0) is 54.6 Å². The number of nitrogens with zero attached hydrogens (tertiary/aromatic N) is 1. The number of nitrogens with one attached hydrogen (secondary N) is 2. The standard InChI is InChI=1S/C26H23N3O4/c1-27-19-10-14-23(24(16-19)31-2)33-25-15-11-20(17-28-25)29-26(30)18-8-12-22(13-9-18)32-21-6-4-3-5-7-21/h3-17,27H,1-2H3,(H,29,30). The zero-order valence-electron chi connectivity index (χ0n) is 18.2. The maximum atomic E-state index is 12.6. The van der Waals surface area contributed by atoms with Crippen molar-refractivity contribution in [3.63, 3.8) is 0 Å². The third-order valence-electron chi connectivity index (χ3n) is 4.76. The van der Waals surface area contributed by atoms with Crippen molar-refractivity contribution in [2.45, 2.75) is 0 Å². The average Bonchev–Trinajstić information content (AvgIpc) is 2.86. The Morgan fingerprint density at radius 2 is 1.52 bits per heavy atom. The maximum absolute atomic E-state index is 12.6. The van der Waals surface area contributed by atoms with Crippen LogP contribution in [0.15, 0.2) is 91.1 Å². The van der Waals surface area contributed by atoms with Crippen LogP contribution >= 0.6 is 0 Å². The minimum atomic E-state index is -0.249. The molecule has 0 saturated carbocycles. The lowest BCUT2D eigenvalue weighted by atomic mass is 10.2. The number of amides is 1. The molecule has 2 N–H and O–H groups in total. The van der Waals surface area contributed by atoms with E-state index in [9.17, 15) is 4.79 Å². The number of hydrogen-bond acceptors (Lipinski definition) is 6. The summed E-state index contributed by atoms with van der Waals surface area (Å²) in [5.41, 5.74) is 1.96. The van der Waals surface area contributed by atoms with Crippen LogP contribution in [-0.4, -0.2) is 25.0 Å². The summed E-state index contributed by atoms with van der Waals surface area (Å²) < 4.78 is 16.9. The van der Waals surface area contributed by atoms with Gasteiger partial charge in [0.25, 0.3) is 5.91 Å². The van der Waals surface area contributed by atoms with E-state index in [-0.39, 0.29) is 5.91 Å². The molecule has 4 rings (SSSR count). The number of benzene rings is 3. The first kappa shape index (κ1) is 21.7. The first-order valence-corrected chi connectivity index (χ1v) is 10.3. The number of ether oxygens (including phenoxy) is 3. The average molecular weight is 441 g/mol. The molecule has 0 aliphatic carbocycles. The monoisotopic (exact) mass is 441 g/mol. The number of carbonyl (C=O) groups is 1. The maximum Gasteiger partial charge on any atom is 0.255 e. The van der Waals surface area contributed by atoms with Crippen molar-refractivity contribution in [1.82, 2.24) is 4.98 Å². The Kier molecular flexibility index (Phi) is 6.70. The Hall–Kier alpha value is -4.52. The Bertz CT molecular complexity index is 1210. The van der Waals surface area contributed by atoms with E-state index < -0.39 is 0 Å². The molecule has 0 fully saturated rings. The lowest BCUT2D eigenvalue weighted by Gasteiger charge is -2.12. The largest absolute Gasteiger partial charge is 0.493 e. The van der Waals surface area contributed by atoms with E-state index in [0.29, 0.717) is 34.4 Å². The van der Waals surface area contributed by atoms with E-state index in [4.69, 9.17) is 14.2 Å². The van der Waals surface area contributed by atoms with E-state index in [1.807, 2.05) is 49.5 Å². The molecule has 1 heterocycles. The summed E-state index contributed by atoms with van der Waals surface area (Å²) in [4.78, 5) is 16.8. The molecule has 1 amide bonds. The zero-order chi connectivity index (χ0) is 23.0. The van der Waals surface area contributed by atoms with Crippen molar-refractivity contribution < 1.29 is 19.0 Å². The first-order valence-electron chi connectivity index (χ1n) is 10.3. The molecule has 0 radical (unpaired) electrons. The van der Waals surface area contributed by atoms with Gasteiger partial charge in [-0.1, -0.05) is 18.2 Å². The lowest BCUT2D eigenvalue weighted by molar-refractivity contribution is 0.102. The predicted octanol–water partition coefficient (Wildman–Crippen LogP) is 5.97. The number of rotatable bonds is 8. The summed E-state index contributed by atoms with van der Waals surface area (Å²) >= 11 is 0. The van der Waals surface area contributed by atoms with Gasteiger partial charge in [-0.25, -0.2) is 4.98 Å². The first-order chi connectivity index (χ1) is 16.1. The topological polar surface area (TPSA) is 81.7 Å². The number of methoxy groups -OCH3 is 1. The second-order valence-corrected chi connectivity index (χ2v) is 7.00. The van der Waals surface area contributed by atoms with Gasteiger partial charge >= 0.3 is 0 Å². The van der Waals surface area contributed by atoms with E-state index in [1.54, 1.807) is 49.6 Å². The molecule has 3 aromatic carbocycles. The summed E-state index contributed by atoms with van der Waals surface area (Å²) in [5.74, 6) is 2.64. The van der Waals surface area contributed by atoms with Gasteiger partial charge in [0.15, 0.2) is 11.5 Å². The normalized spacial score (nSPS) is 10.2. The predicted molar refractivity (Wildman–Crippen MR) is 128 cm³/mol.